The Bertz CT molecular complexity index is 829. The van der Waals surface area contributed by atoms with Crippen molar-refractivity contribution in [3.8, 4) is 11.5 Å². The zero-order valence-electron chi connectivity index (χ0n) is 12.1. The second-order valence-corrected chi connectivity index (χ2v) is 5.86. The molecule has 23 heavy (non-hydrogen) atoms. The quantitative estimate of drug-likeness (QED) is 0.773. The molecule has 2 aromatic heterocycles. The molecule has 7 nitrogen and oxygen atoms in total. The Hall–Kier alpha value is -2.74. The standard InChI is InChI=1S/C15H14N4O3S/c20-14(16-8-11-9-19-3-6-23-15(19)18-11)17-10-1-2-12-13(7-10)22-5-4-21-12/h1-3,6-7,9H,4-5,8H2,(H2,16,17,20). The van der Waals surface area contributed by atoms with Crippen LogP contribution in [0.4, 0.5) is 10.5 Å². The molecule has 0 aliphatic carbocycles. The zero-order valence-corrected chi connectivity index (χ0v) is 12.9. The van der Waals surface area contributed by atoms with Gasteiger partial charge in [-0.25, -0.2) is 9.78 Å². The lowest BCUT2D eigenvalue weighted by Gasteiger charge is -2.19. The van der Waals surface area contributed by atoms with Gasteiger partial charge in [0.2, 0.25) is 0 Å². The highest BCUT2D eigenvalue weighted by Crippen LogP contribution is 2.32. The number of hydrogen-bond donors (Lipinski definition) is 2. The van der Waals surface area contributed by atoms with Gasteiger partial charge in [-0.05, 0) is 12.1 Å². The van der Waals surface area contributed by atoms with E-state index in [4.69, 9.17) is 9.47 Å². The molecule has 1 aromatic carbocycles. The maximum Gasteiger partial charge on any atom is 0.319 e. The summed E-state index contributed by atoms with van der Waals surface area (Å²) in [7, 11) is 0. The average molecular weight is 330 g/mol. The summed E-state index contributed by atoms with van der Waals surface area (Å²) in [6.07, 6.45) is 3.84. The predicted molar refractivity (Wildman–Crippen MR) is 86.4 cm³/mol. The Morgan fingerprint density at radius 3 is 3.04 bits per heavy atom. The summed E-state index contributed by atoms with van der Waals surface area (Å²) in [6, 6.07) is 5.02. The van der Waals surface area contributed by atoms with Crippen LogP contribution >= 0.6 is 11.3 Å². The van der Waals surface area contributed by atoms with E-state index in [0.29, 0.717) is 36.9 Å². The first-order valence-electron chi connectivity index (χ1n) is 7.13. The van der Waals surface area contributed by atoms with Gasteiger partial charge in [0.15, 0.2) is 16.5 Å². The van der Waals surface area contributed by atoms with Gasteiger partial charge in [-0.3, -0.25) is 4.40 Å². The van der Waals surface area contributed by atoms with Gasteiger partial charge in [-0.15, -0.1) is 11.3 Å². The van der Waals surface area contributed by atoms with E-state index in [1.54, 1.807) is 29.5 Å². The third-order valence-electron chi connectivity index (χ3n) is 3.37. The van der Waals surface area contributed by atoms with Crippen LogP contribution in [0.1, 0.15) is 5.69 Å². The Balaban J connectivity index is 1.37. The van der Waals surface area contributed by atoms with Crippen LogP contribution in [0.25, 0.3) is 4.96 Å². The number of rotatable bonds is 3. The van der Waals surface area contributed by atoms with Crippen LogP contribution in [0.2, 0.25) is 0 Å². The highest BCUT2D eigenvalue weighted by atomic mass is 32.1. The van der Waals surface area contributed by atoms with Gasteiger partial charge in [0.25, 0.3) is 0 Å². The Morgan fingerprint density at radius 1 is 1.30 bits per heavy atom. The lowest BCUT2D eigenvalue weighted by atomic mass is 10.2. The summed E-state index contributed by atoms with van der Waals surface area (Å²) in [6.45, 7) is 1.42. The smallest absolute Gasteiger partial charge is 0.319 e. The lowest BCUT2D eigenvalue weighted by molar-refractivity contribution is 0.171. The van der Waals surface area contributed by atoms with Crippen molar-refractivity contribution in [2.45, 2.75) is 6.54 Å². The van der Waals surface area contributed by atoms with Crippen molar-refractivity contribution in [2.75, 3.05) is 18.5 Å². The second kappa shape index (κ2) is 5.81. The van der Waals surface area contributed by atoms with Crippen LogP contribution in [0, 0.1) is 0 Å². The normalized spacial score (nSPS) is 13.0. The highest BCUT2D eigenvalue weighted by Gasteiger charge is 2.13. The van der Waals surface area contributed by atoms with E-state index in [1.807, 2.05) is 22.2 Å². The maximum atomic E-state index is 12.0. The molecule has 0 radical (unpaired) electrons. The van der Waals surface area contributed by atoms with Gasteiger partial charge in [0.1, 0.15) is 13.2 Å². The van der Waals surface area contributed by atoms with Crippen LogP contribution in [-0.2, 0) is 6.54 Å². The molecule has 0 spiro atoms. The van der Waals surface area contributed by atoms with Gasteiger partial charge in [-0.2, -0.15) is 0 Å². The average Bonchev–Trinajstić information content (AvgIpc) is 3.14. The van der Waals surface area contributed by atoms with E-state index >= 15 is 0 Å². The number of carbonyl (C=O) groups excluding carboxylic acids is 1. The van der Waals surface area contributed by atoms with Gasteiger partial charge in [0, 0.05) is 29.5 Å². The maximum absolute atomic E-state index is 12.0. The number of nitrogens with zero attached hydrogens (tertiary/aromatic N) is 2. The van der Waals surface area contributed by atoms with E-state index in [-0.39, 0.29) is 6.03 Å². The minimum atomic E-state index is -0.293. The SMILES string of the molecule is O=C(NCc1cn2ccsc2n1)Nc1ccc2c(c1)OCCO2. The number of urea groups is 1. The molecule has 3 aromatic rings. The van der Waals surface area contributed by atoms with E-state index in [0.717, 1.165) is 10.7 Å². The number of amides is 2. The van der Waals surface area contributed by atoms with Crippen molar-refractivity contribution in [1.29, 1.82) is 0 Å². The first-order valence-corrected chi connectivity index (χ1v) is 8.01. The molecule has 0 unspecified atom stereocenters. The third-order valence-corrected chi connectivity index (χ3v) is 4.14. The fourth-order valence-electron chi connectivity index (χ4n) is 2.33. The van der Waals surface area contributed by atoms with E-state index in [9.17, 15) is 4.79 Å². The molecular weight excluding hydrogens is 316 g/mol. The second-order valence-electron chi connectivity index (χ2n) is 4.99. The molecule has 2 amide bonds. The predicted octanol–water partition coefficient (Wildman–Crippen LogP) is 2.49. The van der Waals surface area contributed by atoms with Crippen molar-refractivity contribution in [2.24, 2.45) is 0 Å². The van der Waals surface area contributed by atoms with E-state index in [2.05, 4.69) is 15.6 Å². The van der Waals surface area contributed by atoms with E-state index in [1.165, 1.54) is 0 Å². The van der Waals surface area contributed by atoms with Crippen molar-refractivity contribution >= 4 is 28.0 Å². The van der Waals surface area contributed by atoms with Crippen molar-refractivity contribution < 1.29 is 14.3 Å². The number of hydrogen-bond acceptors (Lipinski definition) is 5. The molecule has 0 saturated carbocycles. The molecule has 3 heterocycles. The molecule has 0 bridgehead atoms. The van der Waals surface area contributed by atoms with Crippen molar-refractivity contribution in [1.82, 2.24) is 14.7 Å². The molecule has 8 heteroatoms. The molecule has 1 aliphatic rings. The topological polar surface area (TPSA) is 76.9 Å². The molecule has 0 fully saturated rings. The van der Waals surface area contributed by atoms with Gasteiger partial charge >= 0.3 is 6.03 Å². The van der Waals surface area contributed by atoms with Gasteiger partial charge in [-0.1, -0.05) is 0 Å². The van der Waals surface area contributed by atoms with E-state index < -0.39 is 0 Å². The zero-order chi connectivity index (χ0) is 15.6. The minimum absolute atomic E-state index is 0.293. The van der Waals surface area contributed by atoms with Crippen molar-refractivity contribution in [3.05, 3.63) is 41.7 Å². The van der Waals surface area contributed by atoms with Crippen LogP contribution in [0.5, 0.6) is 11.5 Å². The number of nitrogens with one attached hydrogen (secondary N) is 2. The fraction of sp³-hybridized carbons (Fsp3) is 0.200. The van der Waals surface area contributed by atoms with Crippen LogP contribution in [-0.4, -0.2) is 28.6 Å². The first kappa shape index (κ1) is 13.9. The molecule has 2 N–H and O–H groups in total. The molecule has 118 valence electrons. The summed E-state index contributed by atoms with van der Waals surface area (Å²) in [5.74, 6) is 1.34. The minimum Gasteiger partial charge on any atom is -0.486 e. The molecule has 0 saturated heterocycles. The number of anilines is 1. The number of thiazole rings is 1. The third kappa shape index (κ3) is 2.93. The number of imidazole rings is 1. The van der Waals surface area contributed by atoms with Gasteiger partial charge in [0.05, 0.1) is 12.2 Å². The Morgan fingerprint density at radius 2 is 2.17 bits per heavy atom. The molecular formula is C15H14N4O3S. The summed E-state index contributed by atoms with van der Waals surface area (Å²) in [5, 5.41) is 7.52. The van der Waals surface area contributed by atoms with Crippen LogP contribution in [0.15, 0.2) is 36.0 Å². The monoisotopic (exact) mass is 330 g/mol. The summed E-state index contributed by atoms with van der Waals surface area (Å²) < 4.78 is 12.9. The van der Waals surface area contributed by atoms with Gasteiger partial charge < -0.3 is 20.1 Å². The number of benzene rings is 1. The number of fused-ring (bicyclic) bond motifs is 2. The number of aromatic nitrogens is 2. The fourth-order valence-corrected chi connectivity index (χ4v) is 3.05. The molecule has 1 aliphatic heterocycles. The Labute approximate surface area is 135 Å². The lowest BCUT2D eigenvalue weighted by Crippen LogP contribution is -2.28. The molecule has 4 rings (SSSR count). The highest BCUT2D eigenvalue weighted by molar-refractivity contribution is 7.15. The molecule has 0 atom stereocenters. The number of carbonyl (C=O) groups is 1. The first-order chi connectivity index (χ1) is 11.3. The van der Waals surface area contributed by atoms with Crippen LogP contribution in [0.3, 0.4) is 0 Å². The summed E-state index contributed by atoms with van der Waals surface area (Å²) >= 11 is 1.56. The number of ether oxygens (including phenoxy) is 2. The van der Waals surface area contributed by atoms with Crippen LogP contribution < -0.4 is 20.1 Å². The van der Waals surface area contributed by atoms with Crippen molar-refractivity contribution in [3.63, 3.8) is 0 Å². The summed E-state index contributed by atoms with van der Waals surface area (Å²) in [5.41, 5.74) is 1.46. The Kier molecular flexibility index (Phi) is 3.51. The largest absolute Gasteiger partial charge is 0.486 e. The summed E-state index contributed by atoms with van der Waals surface area (Å²) in [4.78, 5) is 17.3.